The first-order valence-corrected chi connectivity index (χ1v) is 7.77. The Kier molecular flexibility index (Phi) is 4.35. The van der Waals surface area contributed by atoms with Crippen molar-refractivity contribution < 1.29 is 4.39 Å². The summed E-state index contributed by atoms with van der Waals surface area (Å²) >= 11 is 0. The molecule has 0 atom stereocenters. The predicted octanol–water partition coefficient (Wildman–Crippen LogP) is 4.34. The van der Waals surface area contributed by atoms with Crippen molar-refractivity contribution in [3.8, 4) is 0 Å². The Bertz CT molecular complexity index is 599. The standard InChI is InChI=1S/C19H22FN/c1-14-12-19(20)9-8-16(14)10-11-21-13-15-2-4-17(5-3-15)18-6-7-18/h2-5,8-9,12,18,21H,6-7,10-11,13H2,1H3. The molecule has 0 unspecified atom stereocenters. The maximum absolute atomic E-state index is 13.0. The molecule has 0 spiro atoms. The molecule has 0 radical (unpaired) electrons. The van der Waals surface area contributed by atoms with Crippen LogP contribution in [-0.4, -0.2) is 6.54 Å². The van der Waals surface area contributed by atoms with Crippen molar-refractivity contribution in [1.29, 1.82) is 0 Å². The second-order valence-corrected chi connectivity index (χ2v) is 6.01. The number of halogens is 1. The van der Waals surface area contributed by atoms with E-state index in [1.165, 1.54) is 29.5 Å². The van der Waals surface area contributed by atoms with Crippen LogP contribution in [0, 0.1) is 12.7 Å². The van der Waals surface area contributed by atoms with Gasteiger partial charge >= 0.3 is 0 Å². The van der Waals surface area contributed by atoms with Crippen LogP contribution >= 0.6 is 0 Å². The van der Waals surface area contributed by atoms with Gasteiger partial charge in [0.25, 0.3) is 0 Å². The van der Waals surface area contributed by atoms with E-state index in [2.05, 4.69) is 29.6 Å². The first kappa shape index (κ1) is 14.3. The van der Waals surface area contributed by atoms with Gasteiger partial charge < -0.3 is 5.32 Å². The molecule has 1 saturated carbocycles. The second kappa shape index (κ2) is 6.40. The molecule has 1 nitrogen and oxygen atoms in total. The molecular formula is C19H22FN. The summed E-state index contributed by atoms with van der Waals surface area (Å²) in [5.74, 6) is 0.674. The summed E-state index contributed by atoms with van der Waals surface area (Å²) in [7, 11) is 0. The van der Waals surface area contributed by atoms with Crippen LogP contribution in [0.4, 0.5) is 4.39 Å². The summed E-state index contributed by atoms with van der Waals surface area (Å²) in [5, 5.41) is 3.46. The van der Waals surface area contributed by atoms with Gasteiger partial charge in [0.1, 0.15) is 5.82 Å². The van der Waals surface area contributed by atoms with Gasteiger partial charge in [0.15, 0.2) is 0 Å². The lowest BCUT2D eigenvalue weighted by molar-refractivity contribution is 0.624. The average Bonchev–Trinajstić information content (AvgIpc) is 3.31. The third-order valence-electron chi connectivity index (χ3n) is 4.23. The van der Waals surface area contributed by atoms with Crippen molar-refractivity contribution >= 4 is 0 Å². The molecule has 1 aliphatic rings. The molecule has 1 aliphatic carbocycles. The zero-order valence-corrected chi connectivity index (χ0v) is 12.5. The van der Waals surface area contributed by atoms with Crippen LogP contribution in [0.3, 0.4) is 0 Å². The number of benzene rings is 2. The van der Waals surface area contributed by atoms with Gasteiger partial charge in [0.05, 0.1) is 0 Å². The quantitative estimate of drug-likeness (QED) is 0.777. The number of rotatable bonds is 6. The summed E-state index contributed by atoms with van der Waals surface area (Å²) in [5.41, 5.74) is 5.06. The molecule has 0 saturated heterocycles. The second-order valence-electron chi connectivity index (χ2n) is 6.01. The van der Waals surface area contributed by atoms with Crippen molar-refractivity contribution in [2.45, 2.75) is 38.6 Å². The Morgan fingerprint density at radius 2 is 1.86 bits per heavy atom. The van der Waals surface area contributed by atoms with Crippen LogP contribution in [0.15, 0.2) is 42.5 Å². The van der Waals surface area contributed by atoms with E-state index < -0.39 is 0 Å². The molecule has 2 heteroatoms. The van der Waals surface area contributed by atoms with E-state index in [4.69, 9.17) is 0 Å². The van der Waals surface area contributed by atoms with E-state index >= 15 is 0 Å². The lowest BCUT2D eigenvalue weighted by Crippen LogP contribution is -2.17. The fourth-order valence-electron chi connectivity index (χ4n) is 2.72. The van der Waals surface area contributed by atoms with E-state index in [9.17, 15) is 4.39 Å². The lowest BCUT2D eigenvalue weighted by Gasteiger charge is -2.08. The fraction of sp³-hybridized carbons (Fsp3) is 0.368. The molecular weight excluding hydrogens is 261 g/mol. The van der Waals surface area contributed by atoms with E-state index in [1.807, 2.05) is 13.0 Å². The lowest BCUT2D eigenvalue weighted by atomic mass is 10.1. The van der Waals surface area contributed by atoms with Crippen molar-refractivity contribution in [2.24, 2.45) is 0 Å². The minimum atomic E-state index is -0.153. The van der Waals surface area contributed by atoms with Gasteiger partial charge in [-0.2, -0.15) is 0 Å². The highest BCUT2D eigenvalue weighted by Gasteiger charge is 2.22. The van der Waals surface area contributed by atoms with Crippen LogP contribution < -0.4 is 5.32 Å². The molecule has 2 aromatic carbocycles. The number of nitrogens with one attached hydrogen (secondary N) is 1. The SMILES string of the molecule is Cc1cc(F)ccc1CCNCc1ccc(C2CC2)cc1. The van der Waals surface area contributed by atoms with Gasteiger partial charge in [-0.05, 0) is 73.0 Å². The Morgan fingerprint density at radius 3 is 2.52 bits per heavy atom. The molecule has 0 aromatic heterocycles. The molecule has 1 fully saturated rings. The van der Waals surface area contributed by atoms with Crippen molar-refractivity contribution in [2.75, 3.05) is 6.54 Å². The molecule has 21 heavy (non-hydrogen) atoms. The molecule has 110 valence electrons. The van der Waals surface area contributed by atoms with Crippen molar-refractivity contribution in [1.82, 2.24) is 5.32 Å². The zero-order chi connectivity index (χ0) is 14.7. The van der Waals surface area contributed by atoms with Crippen LogP contribution in [0.5, 0.6) is 0 Å². The molecule has 2 aromatic rings. The Hall–Kier alpha value is -1.67. The molecule has 3 rings (SSSR count). The van der Waals surface area contributed by atoms with Gasteiger partial charge in [0.2, 0.25) is 0 Å². The van der Waals surface area contributed by atoms with Gasteiger partial charge in [0, 0.05) is 6.54 Å². The molecule has 0 bridgehead atoms. The summed E-state index contributed by atoms with van der Waals surface area (Å²) in [6.07, 6.45) is 3.65. The third kappa shape index (κ3) is 3.92. The average molecular weight is 283 g/mol. The fourth-order valence-corrected chi connectivity index (χ4v) is 2.72. The van der Waals surface area contributed by atoms with Gasteiger partial charge in [-0.1, -0.05) is 30.3 Å². The van der Waals surface area contributed by atoms with E-state index in [1.54, 1.807) is 12.1 Å². The normalized spacial score (nSPS) is 14.4. The Labute approximate surface area is 126 Å². The largest absolute Gasteiger partial charge is 0.312 e. The summed E-state index contributed by atoms with van der Waals surface area (Å²) in [4.78, 5) is 0. The van der Waals surface area contributed by atoms with Gasteiger partial charge in [-0.15, -0.1) is 0 Å². The van der Waals surface area contributed by atoms with Crippen molar-refractivity contribution in [3.05, 3.63) is 70.5 Å². The van der Waals surface area contributed by atoms with Gasteiger partial charge in [-0.25, -0.2) is 4.39 Å². The molecule has 1 N–H and O–H groups in total. The van der Waals surface area contributed by atoms with Crippen LogP contribution in [0.2, 0.25) is 0 Å². The van der Waals surface area contributed by atoms with Crippen LogP contribution in [0.25, 0.3) is 0 Å². The molecule has 0 heterocycles. The van der Waals surface area contributed by atoms with E-state index in [-0.39, 0.29) is 5.82 Å². The topological polar surface area (TPSA) is 12.0 Å². The number of hydrogen-bond donors (Lipinski definition) is 1. The van der Waals surface area contributed by atoms with Gasteiger partial charge in [-0.3, -0.25) is 0 Å². The summed E-state index contributed by atoms with van der Waals surface area (Å²) in [6, 6.07) is 14.0. The maximum Gasteiger partial charge on any atom is 0.123 e. The van der Waals surface area contributed by atoms with Crippen LogP contribution in [0.1, 0.15) is 41.0 Å². The Balaban J connectivity index is 1.45. The number of hydrogen-bond acceptors (Lipinski definition) is 1. The molecule has 0 amide bonds. The van der Waals surface area contributed by atoms with Crippen LogP contribution in [-0.2, 0) is 13.0 Å². The minimum absolute atomic E-state index is 0.153. The first-order chi connectivity index (χ1) is 10.2. The summed E-state index contributed by atoms with van der Waals surface area (Å²) < 4.78 is 13.0. The van der Waals surface area contributed by atoms with E-state index in [0.717, 1.165) is 31.0 Å². The third-order valence-corrected chi connectivity index (χ3v) is 4.23. The monoisotopic (exact) mass is 283 g/mol. The predicted molar refractivity (Wildman–Crippen MR) is 85.0 cm³/mol. The Morgan fingerprint density at radius 1 is 1.10 bits per heavy atom. The zero-order valence-electron chi connectivity index (χ0n) is 12.5. The number of aryl methyl sites for hydroxylation is 1. The summed E-state index contributed by atoms with van der Waals surface area (Å²) in [6.45, 7) is 3.77. The molecule has 0 aliphatic heterocycles. The van der Waals surface area contributed by atoms with Crippen molar-refractivity contribution in [3.63, 3.8) is 0 Å². The minimum Gasteiger partial charge on any atom is -0.312 e. The maximum atomic E-state index is 13.0. The van der Waals surface area contributed by atoms with E-state index in [0.29, 0.717) is 0 Å². The highest BCUT2D eigenvalue weighted by atomic mass is 19.1. The first-order valence-electron chi connectivity index (χ1n) is 7.77. The highest BCUT2D eigenvalue weighted by molar-refractivity contribution is 5.28. The highest BCUT2D eigenvalue weighted by Crippen LogP contribution is 2.39. The smallest absolute Gasteiger partial charge is 0.123 e.